The van der Waals surface area contributed by atoms with E-state index in [-0.39, 0.29) is 5.91 Å². The zero-order valence-corrected chi connectivity index (χ0v) is 16.8. The average Bonchev–Trinajstić information content (AvgIpc) is 2.68. The van der Waals surface area contributed by atoms with E-state index < -0.39 is 6.10 Å². The Morgan fingerprint density at radius 2 is 2.04 bits per heavy atom. The second-order valence-corrected chi connectivity index (χ2v) is 8.46. The number of halogens is 1. The molecule has 1 amide bonds. The topological polar surface area (TPSA) is 52.6 Å². The molecule has 2 aliphatic rings. The summed E-state index contributed by atoms with van der Waals surface area (Å²) in [4.78, 5) is 13.9. The summed E-state index contributed by atoms with van der Waals surface area (Å²) in [5, 5.41) is 14.3. The Bertz CT molecular complexity index is 840. The summed E-state index contributed by atoms with van der Waals surface area (Å²) in [6, 6.07) is 14.4. The van der Waals surface area contributed by atoms with E-state index in [2.05, 4.69) is 40.5 Å². The fourth-order valence-electron chi connectivity index (χ4n) is 4.45. The number of amides is 1. The SMILES string of the molecule is O=C1CCc2cc(C(O)CN3CCC[C@H](Cc4ccccc4)C3)c(Cl)cc2N1. The third kappa shape index (κ3) is 4.57. The largest absolute Gasteiger partial charge is 0.387 e. The van der Waals surface area contributed by atoms with Crippen LogP contribution in [0.3, 0.4) is 0 Å². The Labute approximate surface area is 171 Å². The first-order valence-corrected chi connectivity index (χ1v) is 10.5. The van der Waals surface area contributed by atoms with Crippen LogP contribution in [0.15, 0.2) is 42.5 Å². The van der Waals surface area contributed by atoms with Gasteiger partial charge < -0.3 is 15.3 Å². The van der Waals surface area contributed by atoms with E-state index in [0.29, 0.717) is 30.3 Å². The maximum atomic E-state index is 11.6. The molecule has 1 fully saturated rings. The zero-order valence-electron chi connectivity index (χ0n) is 16.0. The minimum absolute atomic E-state index is 0.0228. The van der Waals surface area contributed by atoms with E-state index >= 15 is 0 Å². The maximum Gasteiger partial charge on any atom is 0.224 e. The quantitative estimate of drug-likeness (QED) is 0.793. The molecule has 0 bridgehead atoms. The molecule has 1 saturated heterocycles. The van der Waals surface area contributed by atoms with Crippen LogP contribution in [0, 0.1) is 5.92 Å². The molecule has 2 heterocycles. The van der Waals surface area contributed by atoms with E-state index in [0.717, 1.165) is 42.7 Å². The van der Waals surface area contributed by atoms with Gasteiger partial charge in [0, 0.05) is 35.8 Å². The Morgan fingerprint density at radius 3 is 2.86 bits per heavy atom. The van der Waals surface area contributed by atoms with Gasteiger partial charge in [0.05, 0.1) is 6.10 Å². The van der Waals surface area contributed by atoms with Gasteiger partial charge in [0.15, 0.2) is 0 Å². The highest BCUT2D eigenvalue weighted by atomic mass is 35.5. The van der Waals surface area contributed by atoms with Crippen LogP contribution in [-0.4, -0.2) is 35.5 Å². The number of benzene rings is 2. The Hall–Kier alpha value is -1.88. The minimum Gasteiger partial charge on any atom is -0.387 e. The highest BCUT2D eigenvalue weighted by molar-refractivity contribution is 6.31. The van der Waals surface area contributed by atoms with Crippen molar-refractivity contribution in [2.75, 3.05) is 25.0 Å². The number of carbonyl (C=O) groups is 1. The van der Waals surface area contributed by atoms with Crippen molar-refractivity contribution in [3.05, 3.63) is 64.2 Å². The molecule has 0 spiro atoms. The van der Waals surface area contributed by atoms with E-state index in [9.17, 15) is 9.90 Å². The lowest BCUT2D eigenvalue weighted by molar-refractivity contribution is -0.116. The number of anilines is 1. The molecule has 28 heavy (non-hydrogen) atoms. The number of aryl methyl sites for hydroxylation is 1. The number of aliphatic hydroxyl groups excluding tert-OH is 1. The molecule has 4 rings (SSSR count). The van der Waals surface area contributed by atoms with Gasteiger partial charge in [0.1, 0.15) is 0 Å². The first-order chi connectivity index (χ1) is 13.6. The number of β-amino-alcohol motifs (C(OH)–C–C–N with tert-alkyl or cyclic N) is 1. The maximum absolute atomic E-state index is 11.6. The molecule has 2 N–H and O–H groups in total. The number of fused-ring (bicyclic) bond motifs is 1. The number of likely N-dealkylation sites (tertiary alicyclic amines) is 1. The Morgan fingerprint density at radius 1 is 1.21 bits per heavy atom. The predicted molar refractivity (Wildman–Crippen MR) is 113 cm³/mol. The van der Waals surface area contributed by atoms with Crippen molar-refractivity contribution >= 4 is 23.2 Å². The van der Waals surface area contributed by atoms with E-state index in [4.69, 9.17) is 11.6 Å². The van der Waals surface area contributed by atoms with Crippen LogP contribution in [0.25, 0.3) is 0 Å². The number of nitrogens with zero attached hydrogens (tertiary/aromatic N) is 1. The number of nitrogens with one attached hydrogen (secondary N) is 1. The van der Waals surface area contributed by atoms with Gasteiger partial charge in [-0.25, -0.2) is 0 Å². The van der Waals surface area contributed by atoms with Gasteiger partial charge in [0.2, 0.25) is 5.91 Å². The summed E-state index contributed by atoms with van der Waals surface area (Å²) < 4.78 is 0. The Balaban J connectivity index is 1.40. The summed E-state index contributed by atoms with van der Waals surface area (Å²) in [6.07, 6.45) is 4.05. The second kappa shape index (κ2) is 8.64. The summed E-state index contributed by atoms with van der Waals surface area (Å²) in [6.45, 7) is 2.61. The lowest BCUT2D eigenvalue weighted by atomic mass is 9.91. The molecular weight excluding hydrogens is 372 g/mol. The lowest BCUT2D eigenvalue weighted by Crippen LogP contribution is -2.38. The van der Waals surface area contributed by atoms with Gasteiger partial charge in [-0.1, -0.05) is 41.9 Å². The smallest absolute Gasteiger partial charge is 0.224 e. The molecule has 2 aromatic rings. The van der Waals surface area contributed by atoms with E-state index in [1.54, 1.807) is 6.07 Å². The minimum atomic E-state index is -0.620. The molecule has 2 aliphatic heterocycles. The fraction of sp³-hybridized carbons (Fsp3) is 0.435. The summed E-state index contributed by atoms with van der Waals surface area (Å²) in [5.41, 5.74) is 3.98. The molecular formula is C23H27ClN2O2. The highest BCUT2D eigenvalue weighted by Gasteiger charge is 2.25. The van der Waals surface area contributed by atoms with Crippen molar-refractivity contribution in [2.45, 2.75) is 38.2 Å². The first kappa shape index (κ1) is 19.4. The van der Waals surface area contributed by atoms with Gasteiger partial charge in [-0.2, -0.15) is 0 Å². The van der Waals surface area contributed by atoms with Crippen LogP contribution >= 0.6 is 11.6 Å². The number of aliphatic hydroxyl groups is 1. The van der Waals surface area contributed by atoms with Crippen LogP contribution in [0.2, 0.25) is 5.02 Å². The van der Waals surface area contributed by atoms with Gasteiger partial charge in [-0.3, -0.25) is 4.79 Å². The van der Waals surface area contributed by atoms with E-state index in [1.165, 1.54) is 12.0 Å². The second-order valence-electron chi connectivity index (χ2n) is 8.05. The predicted octanol–water partition coefficient (Wildman–Crippen LogP) is 4.21. The highest BCUT2D eigenvalue weighted by Crippen LogP contribution is 2.33. The number of carbonyl (C=O) groups excluding carboxylic acids is 1. The molecule has 5 heteroatoms. The third-order valence-electron chi connectivity index (χ3n) is 5.88. The summed E-state index contributed by atoms with van der Waals surface area (Å²) >= 11 is 6.43. The van der Waals surface area contributed by atoms with Crippen LogP contribution in [-0.2, 0) is 17.6 Å². The van der Waals surface area contributed by atoms with Crippen molar-refractivity contribution < 1.29 is 9.90 Å². The van der Waals surface area contributed by atoms with Crippen molar-refractivity contribution in [3.8, 4) is 0 Å². The monoisotopic (exact) mass is 398 g/mol. The van der Waals surface area contributed by atoms with Gasteiger partial charge in [-0.15, -0.1) is 0 Å². The summed E-state index contributed by atoms with van der Waals surface area (Å²) in [7, 11) is 0. The van der Waals surface area contributed by atoms with Crippen LogP contribution in [0.5, 0.6) is 0 Å². The zero-order chi connectivity index (χ0) is 19.5. The fourth-order valence-corrected chi connectivity index (χ4v) is 4.74. The third-order valence-corrected chi connectivity index (χ3v) is 6.21. The van der Waals surface area contributed by atoms with Gasteiger partial charge in [0.25, 0.3) is 0 Å². The molecule has 4 nitrogen and oxygen atoms in total. The molecule has 0 radical (unpaired) electrons. The number of rotatable bonds is 5. The molecule has 0 aliphatic carbocycles. The lowest BCUT2D eigenvalue weighted by Gasteiger charge is -2.34. The van der Waals surface area contributed by atoms with Crippen LogP contribution < -0.4 is 5.32 Å². The number of piperidine rings is 1. The number of hydrogen-bond donors (Lipinski definition) is 2. The van der Waals surface area contributed by atoms with Crippen molar-refractivity contribution in [1.82, 2.24) is 4.90 Å². The Kier molecular flexibility index (Phi) is 6.00. The number of hydrogen-bond acceptors (Lipinski definition) is 3. The molecule has 0 aromatic heterocycles. The van der Waals surface area contributed by atoms with Gasteiger partial charge in [-0.05, 0) is 61.4 Å². The van der Waals surface area contributed by atoms with Crippen molar-refractivity contribution in [3.63, 3.8) is 0 Å². The molecule has 148 valence electrons. The molecule has 2 aromatic carbocycles. The first-order valence-electron chi connectivity index (χ1n) is 10.1. The van der Waals surface area contributed by atoms with Crippen LogP contribution in [0.1, 0.15) is 42.1 Å². The normalized spacial score (nSPS) is 21.1. The standard InChI is InChI=1S/C23H27ClN2O2/c24-20-13-21-18(8-9-23(28)25-21)12-19(20)22(27)15-26-10-4-7-17(14-26)11-16-5-2-1-3-6-16/h1-3,5-6,12-13,17,22,27H,4,7-11,14-15H2,(H,25,28)/t17-,22?/m1/s1. The molecule has 0 saturated carbocycles. The average molecular weight is 399 g/mol. The molecule has 2 atom stereocenters. The van der Waals surface area contributed by atoms with Gasteiger partial charge >= 0.3 is 0 Å². The van der Waals surface area contributed by atoms with Crippen molar-refractivity contribution in [1.29, 1.82) is 0 Å². The molecule has 1 unspecified atom stereocenters. The summed E-state index contributed by atoms with van der Waals surface area (Å²) in [5.74, 6) is 0.646. The van der Waals surface area contributed by atoms with E-state index in [1.807, 2.05) is 6.07 Å². The van der Waals surface area contributed by atoms with Crippen LogP contribution in [0.4, 0.5) is 5.69 Å². The van der Waals surface area contributed by atoms with Crippen molar-refractivity contribution in [2.24, 2.45) is 5.92 Å².